The number of quaternary nitrogens is 1. The highest BCUT2D eigenvalue weighted by Gasteiger charge is 2.25. The highest BCUT2D eigenvalue weighted by atomic mass is 16.3. The first kappa shape index (κ1) is 8.82. The van der Waals surface area contributed by atoms with Crippen molar-refractivity contribution in [2.45, 2.75) is 38.1 Å². The molecule has 1 aliphatic carbocycles. The molecule has 72 valence electrons. The van der Waals surface area contributed by atoms with Crippen LogP contribution in [0.2, 0.25) is 0 Å². The summed E-state index contributed by atoms with van der Waals surface area (Å²) in [5.41, 5.74) is 4.22. The molecule has 0 unspecified atom stereocenters. The van der Waals surface area contributed by atoms with Gasteiger partial charge in [-0.25, -0.2) is 0 Å². The van der Waals surface area contributed by atoms with Crippen molar-refractivity contribution >= 4 is 0 Å². The average Bonchev–Trinajstić information content (AvgIpc) is 2.61. The van der Waals surface area contributed by atoms with E-state index in [1.165, 1.54) is 25.7 Å². The Morgan fingerprint density at radius 3 is 2.92 bits per heavy atom. The molecule has 1 heterocycles. The molecule has 3 N–H and O–H groups in total. The quantitative estimate of drug-likeness (QED) is 0.738. The van der Waals surface area contributed by atoms with Gasteiger partial charge in [0.15, 0.2) is 0 Å². The Kier molecular flexibility index (Phi) is 2.69. The van der Waals surface area contributed by atoms with E-state index in [2.05, 4.69) is 11.8 Å². The van der Waals surface area contributed by atoms with Crippen molar-refractivity contribution in [2.24, 2.45) is 5.92 Å². The van der Waals surface area contributed by atoms with Gasteiger partial charge in [-0.15, -0.1) is 0 Å². The second-order valence-electron chi connectivity index (χ2n) is 4.09. The Labute approximate surface area is 79.1 Å². The first-order chi connectivity index (χ1) is 6.36. The third-order valence-corrected chi connectivity index (χ3v) is 3.11. The topological polar surface area (TPSA) is 40.8 Å². The SMILES string of the molecule is [NH3+][C@H]1CCCC[C@H]1Cc1ccco1. The molecule has 13 heavy (non-hydrogen) atoms. The summed E-state index contributed by atoms with van der Waals surface area (Å²) in [6, 6.07) is 4.68. The lowest BCUT2D eigenvalue weighted by Crippen LogP contribution is -2.65. The minimum Gasteiger partial charge on any atom is -0.469 e. The Bertz CT molecular complexity index is 243. The first-order valence-electron chi connectivity index (χ1n) is 5.22. The van der Waals surface area contributed by atoms with Crippen molar-refractivity contribution in [1.29, 1.82) is 0 Å². The third-order valence-electron chi connectivity index (χ3n) is 3.11. The fourth-order valence-electron chi connectivity index (χ4n) is 2.24. The third kappa shape index (κ3) is 2.13. The maximum Gasteiger partial charge on any atom is 0.104 e. The Morgan fingerprint density at radius 2 is 2.23 bits per heavy atom. The standard InChI is InChI=1S/C11H17NO/c12-11-6-2-1-4-9(11)8-10-5-3-7-13-10/h3,5,7,9,11H,1-2,4,6,8,12H2/p+1/t9-,11-/m0/s1. The fourth-order valence-corrected chi connectivity index (χ4v) is 2.24. The van der Waals surface area contributed by atoms with Gasteiger partial charge < -0.3 is 10.2 Å². The van der Waals surface area contributed by atoms with E-state index >= 15 is 0 Å². The number of rotatable bonds is 2. The molecule has 2 heteroatoms. The minimum atomic E-state index is 0.638. The molecule has 0 radical (unpaired) electrons. The van der Waals surface area contributed by atoms with Crippen LogP contribution in [0, 0.1) is 5.92 Å². The summed E-state index contributed by atoms with van der Waals surface area (Å²) in [6.07, 6.45) is 8.21. The second kappa shape index (κ2) is 3.97. The van der Waals surface area contributed by atoms with Gasteiger partial charge in [0.2, 0.25) is 0 Å². The minimum absolute atomic E-state index is 0.638. The predicted octanol–water partition coefficient (Wildman–Crippen LogP) is 1.62. The van der Waals surface area contributed by atoms with Gasteiger partial charge in [0.25, 0.3) is 0 Å². The summed E-state index contributed by atoms with van der Waals surface area (Å²) in [6.45, 7) is 0. The molecule has 1 fully saturated rings. The molecule has 1 saturated carbocycles. The van der Waals surface area contributed by atoms with Crippen molar-refractivity contribution in [1.82, 2.24) is 0 Å². The molecule has 2 nitrogen and oxygen atoms in total. The van der Waals surface area contributed by atoms with E-state index in [9.17, 15) is 0 Å². The zero-order valence-electron chi connectivity index (χ0n) is 8.04. The number of hydrogen-bond acceptors (Lipinski definition) is 1. The zero-order valence-corrected chi connectivity index (χ0v) is 8.04. The highest BCUT2D eigenvalue weighted by Crippen LogP contribution is 2.25. The molecule has 0 bridgehead atoms. The lowest BCUT2D eigenvalue weighted by Gasteiger charge is -2.24. The second-order valence-corrected chi connectivity index (χ2v) is 4.09. The van der Waals surface area contributed by atoms with Crippen LogP contribution in [0.15, 0.2) is 22.8 Å². The van der Waals surface area contributed by atoms with Gasteiger partial charge in [0, 0.05) is 12.3 Å². The van der Waals surface area contributed by atoms with E-state index in [0.29, 0.717) is 6.04 Å². The maximum atomic E-state index is 5.36. The van der Waals surface area contributed by atoms with Crippen molar-refractivity contribution in [3.05, 3.63) is 24.2 Å². The van der Waals surface area contributed by atoms with Crippen LogP contribution in [-0.4, -0.2) is 6.04 Å². The molecule has 1 aliphatic rings. The van der Waals surface area contributed by atoms with Gasteiger partial charge in [-0.05, 0) is 31.4 Å². The zero-order chi connectivity index (χ0) is 9.10. The predicted molar refractivity (Wildman–Crippen MR) is 51.0 cm³/mol. The van der Waals surface area contributed by atoms with Crippen LogP contribution in [0.25, 0.3) is 0 Å². The molecular weight excluding hydrogens is 162 g/mol. The van der Waals surface area contributed by atoms with Gasteiger partial charge >= 0.3 is 0 Å². The van der Waals surface area contributed by atoms with Gasteiger partial charge in [-0.1, -0.05) is 6.42 Å². The first-order valence-corrected chi connectivity index (χ1v) is 5.22. The monoisotopic (exact) mass is 180 g/mol. The van der Waals surface area contributed by atoms with Crippen LogP contribution in [0.3, 0.4) is 0 Å². The summed E-state index contributed by atoms with van der Waals surface area (Å²) in [4.78, 5) is 0. The van der Waals surface area contributed by atoms with Crippen LogP contribution < -0.4 is 5.73 Å². The van der Waals surface area contributed by atoms with Crippen LogP contribution >= 0.6 is 0 Å². The maximum absolute atomic E-state index is 5.36. The molecule has 0 aliphatic heterocycles. The van der Waals surface area contributed by atoms with Crippen LogP contribution in [0.1, 0.15) is 31.4 Å². The van der Waals surface area contributed by atoms with Crippen molar-refractivity contribution in [3.8, 4) is 0 Å². The molecule has 0 spiro atoms. The Morgan fingerprint density at radius 1 is 1.38 bits per heavy atom. The van der Waals surface area contributed by atoms with Crippen LogP contribution in [0.5, 0.6) is 0 Å². The Hall–Kier alpha value is -0.760. The summed E-state index contributed by atoms with van der Waals surface area (Å²) >= 11 is 0. The smallest absolute Gasteiger partial charge is 0.104 e. The molecule has 1 aromatic rings. The molecule has 2 atom stereocenters. The van der Waals surface area contributed by atoms with Gasteiger partial charge in [0.05, 0.1) is 12.3 Å². The summed E-state index contributed by atoms with van der Waals surface area (Å²) in [7, 11) is 0. The lowest BCUT2D eigenvalue weighted by atomic mass is 9.82. The molecule has 0 aromatic carbocycles. The van der Waals surface area contributed by atoms with Crippen molar-refractivity contribution in [2.75, 3.05) is 0 Å². The van der Waals surface area contributed by atoms with E-state index < -0.39 is 0 Å². The number of furan rings is 1. The van der Waals surface area contributed by atoms with E-state index in [0.717, 1.165) is 18.1 Å². The number of hydrogen-bond donors (Lipinski definition) is 1. The molecule has 2 rings (SSSR count). The van der Waals surface area contributed by atoms with Crippen molar-refractivity contribution in [3.63, 3.8) is 0 Å². The summed E-state index contributed by atoms with van der Waals surface area (Å²) in [5.74, 6) is 1.88. The van der Waals surface area contributed by atoms with Gasteiger partial charge in [-0.3, -0.25) is 0 Å². The summed E-state index contributed by atoms with van der Waals surface area (Å²) in [5, 5.41) is 0. The van der Waals surface area contributed by atoms with Crippen LogP contribution in [-0.2, 0) is 6.42 Å². The van der Waals surface area contributed by atoms with Gasteiger partial charge in [-0.2, -0.15) is 0 Å². The normalized spacial score (nSPS) is 29.0. The molecule has 0 amide bonds. The molecule has 1 aromatic heterocycles. The molecular formula is C11H18NO+. The average molecular weight is 180 g/mol. The van der Waals surface area contributed by atoms with E-state index in [1.54, 1.807) is 6.26 Å². The molecule has 0 saturated heterocycles. The largest absolute Gasteiger partial charge is 0.469 e. The fraction of sp³-hybridized carbons (Fsp3) is 0.636. The highest BCUT2D eigenvalue weighted by molar-refractivity contribution is 5.00. The lowest BCUT2D eigenvalue weighted by molar-refractivity contribution is -0.438. The van der Waals surface area contributed by atoms with Crippen LogP contribution in [0.4, 0.5) is 0 Å². The van der Waals surface area contributed by atoms with Gasteiger partial charge in [0.1, 0.15) is 5.76 Å². The van der Waals surface area contributed by atoms with E-state index in [4.69, 9.17) is 4.42 Å². The van der Waals surface area contributed by atoms with Crippen molar-refractivity contribution < 1.29 is 10.2 Å². The summed E-state index contributed by atoms with van der Waals surface area (Å²) < 4.78 is 5.36. The van der Waals surface area contributed by atoms with E-state index in [1.807, 2.05) is 6.07 Å². The Balaban J connectivity index is 1.93. The van der Waals surface area contributed by atoms with E-state index in [-0.39, 0.29) is 0 Å².